The van der Waals surface area contributed by atoms with E-state index in [0.717, 1.165) is 45.0 Å². The van der Waals surface area contributed by atoms with Gasteiger partial charge in [0.2, 0.25) is 10.0 Å². The molecule has 9 heteroatoms. The van der Waals surface area contributed by atoms with E-state index >= 15 is 0 Å². The van der Waals surface area contributed by atoms with Crippen LogP contribution in [0.2, 0.25) is 0 Å². The average molecular weight is 461 g/mol. The Labute approximate surface area is 190 Å². The number of carbonyl (C=O) groups excluding carboxylic acids is 1. The lowest BCUT2D eigenvalue weighted by molar-refractivity contribution is 0.0374. The number of morpholine rings is 1. The Kier molecular flexibility index (Phi) is 8.49. The fraction of sp³-hybridized carbons (Fsp3) is 0.435. The van der Waals surface area contributed by atoms with Crippen LogP contribution in [-0.2, 0) is 20.5 Å². The Morgan fingerprint density at radius 1 is 1.09 bits per heavy atom. The molecule has 0 unspecified atom stereocenters. The molecular weight excluding hydrogens is 428 g/mol. The standard InChI is InChI=1S/C23H32N4O4S/c1-26(2)22-10-9-20(25-32(29,30)18-19-7-4-3-5-8-19)17-21(22)23(28)24-11-6-12-27-13-15-31-16-14-27/h3-5,7-10,17,25H,6,11-16,18H2,1-2H3,(H,24,28). The lowest BCUT2D eigenvalue weighted by Gasteiger charge is -2.26. The molecule has 1 aliphatic heterocycles. The van der Waals surface area contributed by atoms with E-state index in [2.05, 4.69) is 14.9 Å². The van der Waals surface area contributed by atoms with Gasteiger partial charge in [-0.15, -0.1) is 0 Å². The molecule has 1 aliphatic rings. The number of sulfonamides is 1. The first-order chi connectivity index (χ1) is 15.3. The fourth-order valence-electron chi connectivity index (χ4n) is 3.61. The van der Waals surface area contributed by atoms with Crippen LogP contribution in [0.15, 0.2) is 48.5 Å². The van der Waals surface area contributed by atoms with Crippen molar-refractivity contribution < 1.29 is 17.9 Å². The smallest absolute Gasteiger partial charge is 0.253 e. The Morgan fingerprint density at radius 2 is 1.81 bits per heavy atom. The largest absolute Gasteiger partial charge is 0.379 e. The van der Waals surface area contributed by atoms with E-state index in [4.69, 9.17) is 4.74 Å². The van der Waals surface area contributed by atoms with Crippen molar-refractivity contribution in [1.82, 2.24) is 10.2 Å². The lowest BCUT2D eigenvalue weighted by Crippen LogP contribution is -2.38. The Balaban J connectivity index is 1.63. The number of ether oxygens (including phenoxy) is 1. The van der Waals surface area contributed by atoms with E-state index in [1.54, 1.807) is 42.5 Å². The van der Waals surface area contributed by atoms with Gasteiger partial charge in [0.05, 0.1) is 24.5 Å². The molecule has 1 fully saturated rings. The van der Waals surface area contributed by atoms with E-state index in [0.29, 0.717) is 23.4 Å². The molecule has 1 saturated heterocycles. The number of nitrogens with one attached hydrogen (secondary N) is 2. The quantitative estimate of drug-likeness (QED) is 0.528. The summed E-state index contributed by atoms with van der Waals surface area (Å²) in [4.78, 5) is 17.0. The molecule has 0 bridgehead atoms. The van der Waals surface area contributed by atoms with Crippen molar-refractivity contribution in [2.45, 2.75) is 12.2 Å². The summed E-state index contributed by atoms with van der Waals surface area (Å²) in [6.07, 6.45) is 0.840. The van der Waals surface area contributed by atoms with E-state index in [-0.39, 0.29) is 11.7 Å². The van der Waals surface area contributed by atoms with Crippen molar-refractivity contribution in [2.24, 2.45) is 0 Å². The topological polar surface area (TPSA) is 91.0 Å². The molecule has 1 heterocycles. The predicted molar refractivity (Wildman–Crippen MR) is 128 cm³/mol. The minimum atomic E-state index is -3.61. The number of rotatable bonds is 10. The van der Waals surface area contributed by atoms with Gasteiger partial charge in [-0.3, -0.25) is 14.4 Å². The third-order valence-electron chi connectivity index (χ3n) is 5.24. The summed E-state index contributed by atoms with van der Waals surface area (Å²) in [6, 6.07) is 14.0. The van der Waals surface area contributed by atoms with Crippen molar-refractivity contribution in [1.29, 1.82) is 0 Å². The molecule has 0 aromatic heterocycles. The molecule has 0 aliphatic carbocycles. The molecule has 2 aromatic carbocycles. The van der Waals surface area contributed by atoms with Crippen molar-refractivity contribution in [3.63, 3.8) is 0 Å². The normalized spacial score (nSPS) is 14.7. The molecule has 32 heavy (non-hydrogen) atoms. The minimum Gasteiger partial charge on any atom is -0.379 e. The number of anilines is 2. The van der Waals surface area contributed by atoms with Crippen LogP contribution in [-0.4, -0.2) is 72.7 Å². The Hall–Kier alpha value is -2.62. The number of hydrogen-bond donors (Lipinski definition) is 2. The molecule has 2 aromatic rings. The number of carbonyl (C=O) groups is 1. The summed E-state index contributed by atoms with van der Waals surface area (Å²) in [5.41, 5.74) is 2.22. The highest BCUT2D eigenvalue weighted by molar-refractivity contribution is 7.91. The van der Waals surface area contributed by atoms with Crippen LogP contribution in [0.5, 0.6) is 0 Å². The lowest BCUT2D eigenvalue weighted by atomic mass is 10.1. The van der Waals surface area contributed by atoms with Gasteiger partial charge < -0.3 is 15.0 Å². The van der Waals surface area contributed by atoms with Gasteiger partial charge in [0, 0.05) is 45.1 Å². The van der Waals surface area contributed by atoms with E-state index in [9.17, 15) is 13.2 Å². The molecule has 174 valence electrons. The van der Waals surface area contributed by atoms with Crippen LogP contribution in [0.25, 0.3) is 0 Å². The molecule has 0 saturated carbocycles. The number of nitrogens with zero attached hydrogens (tertiary/aromatic N) is 2. The SMILES string of the molecule is CN(C)c1ccc(NS(=O)(=O)Cc2ccccc2)cc1C(=O)NCCCN1CCOCC1. The summed E-state index contributed by atoms with van der Waals surface area (Å²) in [7, 11) is 0.0943. The number of hydrogen-bond acceptors (Lipinski definition) is 6. The average Bonchev–Trinajstić information content (AvgIpc) is 2.77. The van der Waals surface area contributed by atoms with Crippen LogP contribution in [0.4, 0.5) is 11.4 Å². The summed E-state index contributed by atoms with van der Waals surface area (Å²) in [5.74, 6) is -0.355. The number of amides is 1. The third-order valence-corrected chi connectivity index (χ3v) is 6.50. The van der Waals surface area contributed by atoms with Crippen LogP contribution >= 0.6 is 0 Å². The highest BCUT2D eigenvalue weighted by Gasteiger charge is 2.17. The zero-order valence-corrected chi connectivity index (χ0v) is 19.5. The third kappa shape index (κ3) is 7.22. The Morgan fingerprint density at radius 3 is 2.50 bits per heavy atom. The predicted octanol–water partition coefficient (Wildman–Crippen LogP) is 2.15. The van der Waals surface area contributed by atoms with E-state index < -0.39 is 10.0 Å². The van der Waals surface area contributed by atoms with Gasteiger partial charge >= 0.3 is 0 Å². The summed E-state index contributed by atoms with van der Waals surface area (Å²) >= 11 is 0. The zero-order valence-electron chi connectivity index (χ0n) is 18.7. The van der Waals surface area contributed by atoms with Crippen LogP contribution in [0.1, 0.15) is 22.3 Å². The van der Waals surface area contributed by atoms with Crippen molar-refractivity contribution >= 4 is 27.3 Å². The van der Waals surface area contributed by atoms with Gasteiger partial charge in [0.15, 0.2) is 0 Å². The van der Waals surface area contributed by atoms with Crippen LogP contribution in [0.3, 0.4) is 0 Å². The highest BCUT2D eigenvalue weighted by Crippen LogP contribution is 2.24. The first-order valence-corrected chi connectivity index (χ1v) is 12.4. The van der Waals surface area contributed by atoms with E-state index in [1.165, 1.54) is 0 Å². The second kappa shape index (κ2) is 11.3. The van der Waals surface area contributed by atoms with E-state index in [1.807, 2.05) is 25.1 Å². The molecule has 2 N–H and O–H groups in total. The molecule has 1 amide bonds. The maximum absolute atomic E-state index is 12.9. The van der Waals surface area contributed by atoms with Gasteiger partial charge in [-0.2, -0.15) is 0 Å². The molecular formula is C23H32N4O4S. The van der Waals surface area contributed by atoms with Crippen molar-refractivity contribution in [3.8, 4) is 0 Å². The van der Waals surface area contributed by atoms with Gasteiger partial charge in [-0.05, 0) is 36.7 Å². The molecule has 0 radical (unpaired) electrons. The monoisotopic (exact) mass is 460 g/mol. The second-order valence-electron chi connectivity index (χ2n) is 8.04. The first kappa shape index (κ1) is 24.0. The van der Waals surface area contributed by atoms with Gasteiger partial charge in [0.1, 0.15) is 0 Å². The highest BCUT2D eigenvalue weighted by atomic mass is 32.2. The summed E-state index contributed by atoms with van der Waals surface area (Å²) in [5, 5.41) is 2.96. The van der Waals surface area contributed by atoms with Gasteiger partial charge in [-0.1, -0.05) is 30.3 Å². The van der Waals surface area contributed by atoms with Gasteiger partial charge in [-0.25, -0.2) is 8.42 Å². The molecule has 0 atom stereocenters. The summed E-state index contributed by atoms with van der Waals surface area (Å²) < 4.78 is 33.1. The van der Waals surface area contributed by atoms with Crippen molar-refractivity contribution in [2.75, 3.05) is 63.1 Å². The first-order valence-electron chi connectivity index (χ1n) is 10.8. The second-order valence-corrected chi connectivity index (χ2v) is 9.76. The fourth-order valence-corrected chi connectivity index (χ4v) is 4.79. The minimum absolute atomic E-state index is 0.133. The maximum Gasteiger partial charge on any atom is 0.253 e. The Bertz CT molecular complexity index is 990. The van der Waals surface area contributed by atoms with Crippen molar-refractivity contribution in [3.05, 3.63) is 59.7 Å². The molecule has 8 nitrogen and oxygen atoms in total. The van der Waals surface area contributed by atoms with Crippen LogP contribution in [0, 0.1) is 0 Å². The van der Waals surface area contributed by atoms with Crippen LogP contribution < -0.4 is 14.9 Å². The molecule has 3 rings (SSSR count). The zero-order chi connectivity index (χ0) is 23.0. The van der Waals surface area contributed by atoms with Gasteiger partial charge in [0.25, 0.3) is 5.91 Å². The number of benzene rings is 2. The summed E-state index contributed by atoms with van der Waals surface area (Å²) in [6.45, 7) is 4.81. The molecule has 0 spiro atoms. The maximum atomic E-state index is 12.9.